The lowest BCUT2D eigenvalue weighted by molar-refractivity contribution is 0.0429. The molecule has 1 atom stereocenters. The third-order valence-electron chi connectivity index (χ3n) is 7.36. The second-order valence-corrected chi connectivity index (χ2v) is 11.0. The highest BCUT2D eigenvalue weighted by Crippen LogP contribution is 2.31. The van der Waals surface area contributed by atoms with Crippen molar-refractivity contribution < 1.29 is 0 Å². The molecule has 3 nitrogen and oxygen atoms in total. The van der Waals surface area contributed by atoms with Crippen molar-refractivity contribution in [2.75, 3.05) is 13.6 Å². The van der Waals surface area contributed by atoms with Crippen molar-refractivity contribution in [3.8, 4) is 0 Å². The van der Waals surface area contributed by atoms with E-state index in [1.807, 2.05) is 0 Å². The maximum Gasteiger partial charge on any atom is 0.0947 e. The van der Waals surface area contributed by atoms with Crippen molar-refractivity contribution in [1.82, 2.24) is 15.1 Å². The molecule has 0 radical (unpaired) electrons. The molecule has 0 aromatic heterocycles. The molecule has 1 saturated heterocycles. The number of likely N-dealkylation sites (tertiary alicyclic amines) is 1. The average molecular weight is 448 g/mol. The summed E-state index contributed by atoms with van der Waals surface area (Å²) in [6.07, 6.45) is 4.71. The van der Waals surface area contributed by atoms with Crippen LogP contribution in [-0.4, -0.2) is 35.0 Å². The van der Waals surface area contributed by atoms with Crippen LogP contribution < -0.4 is 5.32 Å². The van der Waals surface area contributed by atoms with Crippen LogP contribution in [0.2, 0.25) is 0 Å². The summed E-state index contributed by atoms with van der Waals surface area (Å²) in [6, 6.07) is 18.5. The highest BCUT2D eigenvalue weighted by atomic mass is 15.3. The van der Waals surface area contributed by atoms with Crippen molar-refractivity contribution in [3.63, 3.8) is 0 Å². The van der Waals surface area contributed by atoms with E-state index in [1.54, 1.807) is 0 Å². The maximum absolute atomic E-state index is 4.49. The van der Waals surface area contributed by atoms with Crippen LogP contribution in [0.1, 0.15) is 69.2 Å². The molecule has 2 aromatic rings. The highest BCUT2D eigenvalue weighted by molar-refractivity contribution is 5.24. The van der Waals surface area contributed by atoms with Crippen LogP contribution in [-0.2, 0) is 19.5 Å². The van der Waals surface area contributed by atoms with Gasteiger partial charge in [0.25, 0.3) is 0 Å². The van der Waals surface area contributed by atoms with Crippen molar-refractivity contribution >= 4 is 0 Å². The average Bonchev–Trinajstić information content (AvgIpc) is 2.78. The molecule has 180 valence electrons. The van der Waals surface area contributed by atoms with Gasteiger partial charge in [-0.3, -0.25) is 0 Å². The molecule has 1 aliphatic heterocycles. The smallest absolute Gasteiger partial charge is 0.0947 e. The first-order chi connectivity index (χ1) is 15.6. The fourth-order valence-electron chi connectivity index (χ4n) is 4.67. The van der Waals surface area contributed by atoms with Gasteiger partial charge in [-0.25, -0.2) is 0 Å². The number of nitrogens with one attached hydrogen (secondary N) is 1. The number of hydrogen-bond acceptors (Lipinski definition) is 3. The summed E-state index contributed by atoms with van der Waals surface area (Å²) < 4.78 is 0. The van der Waals surface area contributed by atoms with Gasteiger partial charge in [-0.2, -0.15) is 0 Å². The van der Waals surface area contributed by atoms with Gasteiger partial charge >= 0.3 is 0 Å². The first kappa shape index (κ1) is 25.4. The minimum atomic E-state index is 0.195. The fourth-order valence-corrected chi connectivity index (χ4v) is 4.67. The summed E-state index contributed by atoms with van der Waals surface area (Å²) in [6.45, 7) is 18.8. The summed E-state index contributed by atoms with van der Waals surface area (Å²) in [7, 11) is 2.25. The van der Waals surface area contributed by atoms with Crippen LogP contribution in [0.25, 0.3) is 0 Å². The van der Waals surface area contributed by atoms with E-state index < -0.39 is 0 Å². The van der Waals surface area contributed by atoms with E-state index in [4.69, 9.17) is 0 Å². The van der Waals surface area contributed by atoms with Gasteiger partial charge < -0.3 is 15.1 Å². The van der Waals surface area contributed by atoms with Crippen LogP contribution in [0.4, 0.5) is 0 Å². The molecule has 33 heavy (non-hydrogen) atoms. The number of piperidine rings is 1. The van der Waals surface area contributed by atoms with Crippen LogP contribution in [0.15, 0.2) is 60.9 Å². The summed E-state index contributed by atoms with van der Waals surface area (Å²) in [5.74, 6) is 1.78. The topological polar surface area (TPSA) is 18.5 Å². The predicted molar refractivity (Wildman–Crippen MR) is 142 cm³/mol. The lowest BCUT2D eigenvalue weighted by Gasteiger charge is -2.48. The summed E-state index contributed by atoms with van der Waals surface area (Å²) in [5.41, 5.74) is 5.58. The molecule has 0 aliphatic carbocycles. The third-order valence-corrected chi connectivity index (χ3v) is 7.36. The van der Waals surface area contributed by atoms with Gasteiger partial charge in [0.1, 0.15) is 0 Å². The Morgan fingerprint density at radius 3 is 2.27 bits per heavy atom. The molecule has 0 spiro atoms. The first-order valence-corrected chi connectivity index (χ1v) is 12.7. The van der Waals surface area contributed by atoms with E-state index in [0.717, 1.165) is 50.6 Å². The highest BCUT2D eigenvalue weighted by Gasteiger charge is 2.35. The molecule has 1 unspecified atom stereocenters. The number of benzene rings is 2. The number of aryl methyl sites for hydroxylation is 2. The van der Waals surface area contributed by atoms with Gasteiger partial charge in [-0.1, -0.05) is 74.5 Å². The van der Waals surface area contributed by atoms with Crippen LogP contribution >= 0.6 is 0 Å². The zero-order chi connectivity index (χ0) is 24.0. The largest absolute Gasteiger partial charge is 0.368 e. The van der Waals surface area contributed by atoms with E-state index in [2.05, 4.69) is 112 Å². The first-order valence-electron chi connectivity index (χ1n) is 12.7. The van der Waals surface area contributed by atoms with Crippen LogP contribution in [0.3, 0.4) is 0 Å². The molecular weight excluding hydrogens is 402 g/mol. The van der Waals surface area contributed by atoms with Crippen LogP contribution in [0.5, 0.6) is 0 Å². The van der Waals surface area contributed by atoms with Crippen molar-refractivity contribution in [2.24, 2.45) is 5.92 Å². The second-order valence-electron chi connectivity index (χ2n) is 11.0. The normalized spacial score (nSPS) is 18.3. The molecule has 0 bridgehead atoms. The van der Waals surface area contributed by atoms with E-state index in [0.29, 0.717) is 6.04 Å². The second kappa shape index (κ2) is 11.2. The molecule has 3 rings (SSSR count). The van der Waals surface area contributed by atoms with Crippen molar-refractivity contribution in [2.45, 2.75) is 85.0 Å². The molecule has 3 heteroatoms. The Kier molecular flexibility index (Phi) is 8.64. The Morgan fingerprint density at radius 1 is 1.06 bits per heavy atom. The van der Waals surface area contributed by atoms with E-state index in [-0.39, 0.29) is 5.54 Å². The van der Waals surface area contributed by atoms with Gasteiger partial charge in [0.2, 0.25) is 0 Å². The Bertz CT molecular complexity index is 880. The molecule has 1 heterocycles. The number of hydrogen-bond donors (Lipinski definition) is 1. The zero-order valence-corrected chi connectivity index (χ0v) is 21.8. The molecule has 2 aromatic carbocycles. The molecule has 0 amide bonds. The third kappa shape index (κ3) is 7.37. The minimum absolute atomic E-state index is 0.195. The standard InChI is InChI=1S/C30H45N3/c1-23(2)8-11-26-14-16-27(17-15-26)21-31-25(4)33(22-28-12-9-24(3)10-13-28)29-18-19-32(7)30(5,6)20-29/h9-10,12-17,23,29,31H,4,8,11,18-22H2,1-3,5-7H3. The molecule has 1 fully saturated rings. The Hall–Kier alpha value is -2.26. The Balaban J connectivity index is 1.67. The van der Waals surface area contributed by atoms with Crippen molar-refractivity contribution in [3.05, 3.63) is 83.2 Å². The summed E-state index contributed by atoms with van der Waals surface area (Å²) >= 11 is 0. The molecule has 1 aliphatic rings. The van der Waals surface area contributed by atoms with Crippen molar-refractivity contribution in [1.29, 1.82) is 0 Å². The van der Waals surface area contributed by atoms with E-state index in [9.17, 15) is 0 Å². The maximum atomic E-state index is 4.49. The lowest BCUT2D eigenvalue weighted by Crippen LogP contribution is -2.54. The Labute approximate surface area is 202 Å². The number of rotatable bonds is 10. The van der Waals surface area contributed by atoms with Crippen LogP contribution in [0, 0.1) is 12.8 Å². The van der Waals surface area contributed by atoms with Gasteiger partial charge in [-0.05, 0) is 76.1 Å². The fraction of sp³-hybridized carbons (Fsp3) is 0.533. The Morgan fingerprint density at radius 2 is 1.67 bits per heavy atom. The summed E-state index contributed by atoms with van der Waals surface area (Å²) in [5, 5.41) is 3.65. The predicted octanol–water partition coefficient (Wildman–Crippen LogP) is 6.52. The molecule has 1 N–H and O–H groups in total. The molecular formula is C30H45N3. The van der Waals surface area contributed by atoms with E-state index in [1.165, 1.54) is 28.7 Å². The van der Waals surface area contributed by atoms with Gasteiger partial charge in [-0.15, -0.1) is 0 Å². The SMILES string of the molecule is C=C(NCc1ccc(CCC(C)C)cc1)N(Cc1ccc(C)cc1)C1CCN(C)C(C)(C)C1. The number of nitrogens with zero attached hydrogens (tertiary/aromatic N) is 2. The quantitative estimate of drug-likeness (QED) is 0.447. The minimum Gasteiger partial charge on any atom is -0.368 e. The van der Waals surface area contributed by atoms with Gasteiger partial charge in [0.05, 0.1) is 5.82 Å². The summed E-state index contributed by atoms with van der Waals surface area (Å²) in [4.78, 5) is 5.00. The zero-order valence-electron chi connectivity index (χ0n) is 21.8. The lowest BCUT2D eigenvalue weighted by atomic mass is 9.86. The van der Waals surface area contributed by atoms with Gasteiger partial charge in [0, 0.05) is 31.2 Å². The monoisotopic (exact) mass is 447 g/mol. The molecule has 0 saturated carbocycles. The van der Waals surface area contributed by atoms with E-state index >= 15 is 0 Å². The van der Waals surface area contributed by atoms with Gasteiger partial charge in [0.15, 0.2) is 0 Å².